The standard InChI is InChI=1S/C35H50O8/c1-7-28(37)25(5)33-29(41-33)20-22(2)12-11-13-23(3)32-24(4)16-17-30(42-34(39)26-14-9-8-10-15-26)35(6,40)19-18-27(36)21-31(38)43-32/h8-17,22,24-25,27-30,32-33,36-37,40H,7,18-21H2,1-6H3. The second-order valence-corrected chi connectivity index (χ2v) is 12.6. The summed E-state index contributed by atoms with van der Waals surface area (Å²) in [6.45, 7) is 11.5. The van der Waals surface area contributed by atoms with Crippen LogP contribution in [0.2, 0.25) is 0 Å². The molecule has 0 aliphatic carbocycles. The van der Waals surface area contributed by atoms with E-state index in [9.17, 15) is 24.9 Å². The fraction of sp³-hybridized carbons (Fsp3) is 0.600. The summed E-state index contributed by atoms with van der Waals surface area (Å²) in [6.07, 6.45) is 8.28. The number of hydrogen-bond acceptors (Lipinski definition) is 8. The Balaban J connectivity index is 1.73. The van der Waals surface area contributed by atoms with Crippen LogP contribution in [0.1, 0.15) is 84.0 Å². The summed E-state index contributed by atoms with van der Waals surface area (Å²) in [7, 11) is 0. The zero-order valence-corrected chi connectivity index (χ0v) is 26.4. The van der Waals surface area contributed by atoms with Crippen molar-refractivity contribution >= 4 is 11.9 Å². The van der Waals surface area contributed by atoms with Gasteiger partial charge in [-0.2, -0.15) is 0 Å². The van der Waals surface area contributed by atoms with E-state index in [1.165, 1.54) is 0 Å². The molecule has 1 aromatic rings. The third-order valence-electron chi connectivity index (χ3n) is 8.58. The Hall–Kier alpha value is -2.78. The topological polar surface area (TPSA) is 126 Å². The maximum atomic E-state index is 12.9. The second kappa shape index (κ2) is 15.8. The molecular formula is C35H50O8. The van der Waals surface area contributed by atoms with E-state index in [1.807, 2.05) is 39.8 Å². The Labute approximate surface area is 256 Å². The largest absolute Gasteiger partial charge is 0.457 e. The first-order chi connectivity index (χ1) is 20.3. The van der Waals surface area contributed by atoms with Crippen LogP contribution in [-0.4, -0.2) is 69.5 Å². The van der Waals surface area contributed by atoms with Crippen LogP contribution in [0.5, 0.6) is 0 Å². The first-order valence-electron chi connectivity index (χ1n) is 15.5. The quantitative estimate of drug-likeness (QED) is 0.143. The van der Waals surface area contributed by atoms with Gasteiger partial charge in [0.15, 0.2) is 0 Å². The predicted octanol–water partition coefficient (Wildman–Crippen LogP) is 5.32. The van der Waals surface area contributed by atoms with Crippen molar-refractivity contribution < 1.29 is 39.1 Å². The normalized spacial score (nSPS) is 32.7. The van der Waals surface area contributed by atoms with Crippen molar-refractivity contribution in [2.75, 3.05) is 0 Å². The third-order valence-corrected chi connectivity index (χ3v) is 8.58. The van der Waals surface area contributed by atoms with E-state index in [4.69, 9.17) is 14.2 Å². The molecule has 2 aliphatic rings. The number of benzene rings is 1. The fourth-order valence-electron chi connectivity index (χ4n) is 5.54. The predicted molar refractivity (Wildman–Crippen MR) is 165 cm³/mol. The van der Waals surface area contributed by atoms with Crippen molar-refractivity contribution in [1.29, 1.82) is 0 Å². The Bertz CT molecular complexity index is 1140. The molecular weight excluding hydrogens is 548 g/mol. The maximum Gasteiger partial charge on any atom is 0.338 e. The SMILES string of the molecule is CCC(O)C(C)C1OC1CC(C)C=CC=C(C)C1OC(=O)CC(O)CCC(C)(O)C(OC(=O)c2ccccc2)C=CC1C. The average Bonchev–Trinajstić information content (AvgIpc) is 3.74. The zero-order valence-electron chi connectivity index (χ0n) is 26.4. The molecule has 0 spiro atoms. The molecule has 2 heterocycles. The number of ether oxygens (including phenoxy) is 3. The van der Waals surface area contributed by atoms with E-state index >= 15 is 0 Å². The summed E-state index contributed by atoms with van der Waals surface area (Å²) in [5.74, 6) is -1.03. The summed E-state index contributed by atoms with van der Waals surface area (Å²) in [5, 5.41) is 31.9. The van der Waals surface area contributed by atoms with Crippen LogP contribution in [-0.2, 0) is 19.0 Å². The fourth-order valence-corrected chi connectivity index (χ4v) is 5.54. The molecule has 10 atom stereocenters. The van der Waals surface area contributed by atoms with E-state index in [2.05, 4.69) is 13.0 Å². The van der Waals surface area contributed by atoms with Crippen LogP contribution in [0.25, 0.3) is 0 Å². The minimum Gasteiger partial charge on any atom is -0.457 e. The highest BCUT2D eigenvalue weighted by Gasteiger charge is 2.45. The van der Waals surface area contributed by atoms with Crippen molar-refractivity contribution in [3.63, 3.8) is 0 Å². The van der Waals surface area contributed by atoms with Gasteiger partial charge in [-0.3, -0.25) is 4.79 Å². The monoisotopic (exact) mass is 598 g/mol. The van der Waals surface area contributed by atoms with Gasteiger partial charge in [-0.25, -0.2) is 4.79 Å². The van der Waals surface area contributed by atoms with Crippen molar-refractivity contribution in [3.8, 4) is 0 Å². The van der Waals surface area contributed by atoms with Gasteiger partial charge in [-0.15, -0.1) is 0 Å². The van der Waals surface area contributed by atoms with Gasteiger partial charge in [0, 0.05) is 11.8 Å². The summed E-state index contributed by atoms with van der Waals surface area (Å²) >= 11 is 0. The van der Waals surface area contributed by atoms with Crippen LogP contribution in [0.15, 0.2) is 66.3 Å². The van der Waals surface area contributed by atoms with Gasteiger partial charge in [0.2, 0.25) is 0 Å². The van der Waals surface area contributed by atoms with Gasteiger partial charge in [-0.1, -0.05) is 70.2 Å². The number of hydrogen-bond donors (Lipinski definition) is 3. The smallest absolute Gasteiger partial charge is 0.338 e. The molecule has 0 aromatic heterocycles. The van der Waals surface area contributed by atoms with Crippen LogP contribution in [0.3, 0.4) is 0 Å². The molecule has 0 amide bonds. The number of aliphatic hydroxyl groups is 3. The molecule has 1 fully saturated rings. The molecule has 238 valence electrons. The number of cyclic esters (lactones) is 1. The summed E-state index contributed by atoms with van der Waals surface area (Å²) in [6, 6.07) is 8.57. The molecule has 10 unspecified atom stereocenters. The summed E-state index contributed by atoms with van der Waals surface area (Å²) in [4.78, 5) is 25.6. The first kappa shape index (κ1) is 34.7. The van der Waals surface area contributed by atoms with Crippen LogP contribution >= 0.6 is 0 Å². The molecule has 3 rings (SSSR count). The Kier molecular flexibility index (Phi) is 12.8. The van der Waals surface area contributed by atoms with Gasteiger partial charge in [-0.05, 0) is 69.2 Å². The highest BCUT2D eigenvalue weighted by atomic mass is 16.6. The number of rotatable bonds is 10. The number of allylic oxidation sites excluding steroid dienone is 3. The Morgan fingerprint density at radius 1 is 1.21 bits per heavy atom. The van der Waals surface area contributed by atoms with Gasteiger partial charge < -0.3 is 29.5 Å². The molecule has 8 heteroatoms. The minimum atomic E-state index is -1.47. The number of aliphatic hydroxyl groups excluding tert-OH is 2. The second-order valence-electron chi connectivity index (χ2n) is 12.6. The van der Waals surface area contributed by atoms with E-state index in [0.717, 1.165) is 12.0 Å². The Morgan fingerprint density at radius 2 is 1.91 bits per heavy atom. The number of epoxide rings is 1. The molecule has 8 nitrogen and oxygen atoms in total. The van der Waals surface area contributed by atoms with E-state index < -0.39 is 35.9 Å². The zero-order chi connectivity index (χ0) is 31.7. The molecule has 0 saturated carbocycles. The molecule has 2 aliphatic heterocycles. The minimum absolute atomic E-state index is 0.0956. The molecule has 43 heavy (non-hydrogen) atoms. The summed E-state index contributed by atoms with van der Waals surface area (Å²) in [5.41, 5.74) is -0.291. The lowest BCUT2D eigenvalue weighted by Crippen LogP contribution is -2.42. The number of carbonyl (C=O) groups excluding carboxylic acids is 2. The number of carbonyl (C=O) groups is 2. The maximum absolute atomic E-state index is 12.9. The van der Waals surface area contributed by atoms with Crippen LogP contribution in [0.4, 0.5) is 0 Å². The van der Waals surface area contributed by atoms with Gasteiger partial charge in [0.25, 0.3) is 0 Å². The molecule has 1 saturated heterocycles. The van der Waals surface area contributed by atoms with Crippen molar-refractivity contribution in [1.82, 2.24) is 0 Å². The first-order valence-corrected chi connectivity index (χ1v) is 15.5. The van der Waals surface area contributed by atoms with Crippen molar-refractivity contribution in [2.24, 2.45) is 17.8 Å². The van der Waals surface area contributed by atoms with Gasteiger partial charge >= 0.3 is 11.9 Å². The van der Waals surface area contributed by atoms with Gasteiger partial charge in [0.1, 0.15) is 17.8 Å². The lowest BCUT2D eigenvalue weighted by atomic mass is 9.88. The lowest BCUT2D eigenvalue weighted by molar-refractivity contribution is -0.151. The van der Waals surface area contributed by atoms with Gasteiger partial charge in [0.05, 0.1) is 36.4 Å². The summed E-state index contributed by atoms with van der Waals surface area (Å²) < 4.78 is 17.4. The average molecular weight is 599 g/mol. The van der Waals surface area contributed by atoms with E-state index in [0.29, 0.717) is 12.0 Å². The van der Waals surface area contributed by atoms with Crippen LogP contribution < -0.4 is 0 Å². The molecule has 1 aromatic carbocycles. The molecule has 3 N–H and O–H groups in total. The van der Waals surface area contributed by atoms with E-state index in [-0.39, 0.29) is 55.3 Å². The van der Waals surface area contributed by atoms with Crippen molar-refractivity contribution in [2.45, 2.75) is 116 Å². The van der Waals surface area contributed by atoms with Crippen LogP contribution in [0, 0.1) is 17.8 Å². The molecule has 0 radical (unpaired) electrons. The highest BCUT2D eigenvalue weighted by Crippen LogP contribution is 2.36. The lowest BCUT2D eigenvalue weighted by Gasteiger charge is -2.32. The third kappa shape index (κ3) is 10.4. The highest BCUT2D eigenvalue weighted by molar-refractivity contribution is 5.89. The Morgan fingerprint density at radius 3 is 2.58 bits per heavy atom. The van der Waals surface area contributed by atoms with Crippen molar-refractivity contribution in [3.05, 3.63) is 71.8 Å². The molecule has 0 bridgehead atoms. The van der Waals surface area contributed by atoms with E-state index in [1.54, 1.807) is 49.4 Å². The number of esters is 2.